The molecule has 128 valence electrons. The molecule has 0 radical (unpaired) electrons. The van der Waals surface area contributed by atoms with E-state index >= 15 is 0 Å². The van der Waals surface area contributed by atoms with Gasteiger partial charge in [0.05, 0.1) is 0 Å². The van der Waals surface area contributed by atoms with E-state index in [4.69, 9.17) is 0 Å². The predicted molar refractivity (Wildman–Crippen MR) is 99.3 cm³/mol. The quantitative estimate of drug-likeness (QED) is 0.641. The minimum atomic E-state index is 0.239. The highest BCUT2D eigenvalue weighted by Gasteiger charge is 2.11. The summed E-state index contributed by atoms with van der Waals surface area (Å²) in [7, 11) is 0. The highest BCUT2D eigenvalue weighted by atomic mass is 16.3. The number of benzene rings is 3. The van der Waals surface area contributed by atoms with Crippen LogP contribution in [0.4, 0.5) is 0 Å². The highest BCUT2D eigenvalue weighted by Crippen LogP contribution is 2.30. The minimum absolute atomic E-state index is 0.239. The van der Waals surface area contributed by atoms with Crippen LogP contribution in [0.25, 0.3) is 0 Å². The number of rotatable bonds is 5. The number of hydrogen-bond donors (Lipinski definition) is 3. The van der Waals surface area contributed by atoms with Crippen molar-refractivity contribution in [1.82, 2.24) is 0 Å². The van der Waals surface area contributed by atoms with Crippen molar-refractivity contribution in [1.29, 1.82) is 0 Å². The van der Waals surface area contributed by atoms with Crippen LogP contribution in [0.5, 0.6) is 17.2 Å². The summed E-state index contributed by atoms with van der Waals surface area (Å²) in [5.74, 6) is 0.796. The lowest BCUT2D eigenvalue weighted by molar-refractivity contribution is 0.463. The molecule has 0 atom stereocenters. The van der Waals surface area contributed by atoms with E-state index in [9.17, 15) is 15.3 Å². The van der Waals surface area contributed by atoms with E-state index < -0.39 is 0 Å². The lowest BCUT2D eigenvalue weighted by Gasteiger charge is -2.13. The molecule has 25 heavy (non-hydrogen) atoms. The Morgan fingerprint density at radius 1 is 0.600 bits per heavy atom. The summed E-state index contributed by atoms with van der Waals surface area (Å²) in [4.78, 5) is 0. The number of aryl methyl sites for hydroxylation is 1. The van der Waals surface area contributed by atoms with E-state index in [1.54, 1.807) is 24.3 Å². The summed E-state index contributed by atoms with van der Waals surface area (Å²) >= 11 is 0. The predicted octanol–water partition coefficient (Wildman–Crippen LogP) is 4.55. The largest absolute Gasteiger partial charge is 0.508 e. The number of hydrogen-bond acceptors (Lipinski definition) is 3. The van der Waals surface area contributed by atoms with E-state index in [1.807, 2.05) is 36.4 Å². The van der Waals surface area contributed by atoms with Crippen molar-refractivity contribution in [2.24, 2.45) is 0 Å². The zero-order chi connectivity index (χ0) is 17.8. The Morgan fingerprint density at radius 2 is 1.00 bits per heavy atom. The van der Waals surface area contributed by atoms with Crippen LogP contribution in [0.3, 0.4) is 0 Å². The van der Waals surface area contributed by atoms with Crippen molar-refractivity contribution in [3.05, 3.63) is 88.5 Å². The van der Waals surface area contributed by atoms with Gasteiger partial charge < -0.3 is 15.3 Å². The van der Waals surface area contributed by atoms with Gasteiger partial charge in [-0.2, -0.15) is 0 Å². The van der Waals surface area contributed by atoms with Gasteiger partial charge in [-0.3, -0.25) is 0 Å². The van der Waals surface area contributed by atoms with Crippen LogP contribution in [-0.4, -0.2) is 15.3 Å². The highest BCUT2D eigenvalue weighted by molar-refractivity contribution is 5.48. The van der Waals surface area contributed by atoms with Crippen LogP contribution >= 0.6 is 0 Å². The zero-order valence-electron chi connectivity index (χ0n) is 14.2. The Hall–Kier alpha value is -2.94. The molecule has 0 saturated heterocycles. The van der Waals surface area contributed by atoms with Crippen LogP contribution < -0.4 is 0 Å². The fraction of sp³-hybridized carbons (Fsp3) is 0.182. The average Bonchev–Trinajstić information content (AvgIpc) is 2.62. The van der Waals surface area contributed by atoms with Gasteiger partial charge in [0, 0.05) is 12.8 Å². The smallest absolute Gasteiger partial charge is 0.122 e. The third kappa shape index (κ3) is 4.13. The fourth-order valence-electron chi connectivity index (χ4n) is 2.97. The summed E-state index contributed by atoms with van der Waals surface area (Å²) in [6.45, 7) is 2.10. The molecule has 0 heterocycles. The normalized spacial score (nSPS) is 10.8. The maximum Gasteiger partial charge on any atom is 0.122 e. The van der Waals surface area contributed by atoms with E-state index in [1.165, 1.54) is 5.56 Å². The van der Waals surface area contributed by atoms with Crippen molar-refractivity contribution in [2.45, 2.75) is 26.2 Å². The van der Waals surface area contributed by atoms with E-state index in [-0.39, 0.29) is 11.5 Å². The van der Waals surface area contributed by atoms with Gasteiger partial charge in [0.1, 0.15) is 17.2 Å². The number of phenolic OH excluding ortho intramolecular Hbond substituents is 3. The third-order valence-corrected chi connectivity index (χ3v) is 4.40. The van der Waals surface area contributed by atoms with Crippen LogP contribution in [0.15, 0.2) is 60.7 Å². The van der Waals surface area contributed by atoms with Crippen LogP contribution in [0.1, 0.15) is 34.7 Å². The Morgan fingerprint density at radius 3 is 1.36 bits per heavy atom. The van der Waals surface area contributed by atoms with Gasteiger partial charge >= 0.3 is 0 Å². The lowest BCUT2D eigenvalue weighted by atomic mass is 9.94. The second-order valence-corrected chi connectivity index (χ2v) is 6.30. The van der Waals surface area contributed by atoms with E-state index in [2.05, 4.69) is 6.92 Å². The first-order valence-corrected chi connectivity index (χ1v) is 8.44. The minimum Gasteiger partial charge on any atom is -0.508 e. The molecule has 0 fully saturated rings. The van der Waals surface area contributed by atoms with Crippen molar-refractivity contribution < 1.29 is 15.3 Å². The summed E-state index contributed by atoms with van der Waals surface area (Å²) in [5.41, 5.74) is 5.03. The number of phenols is 3. The molecule has 3 aromatic rings. The molecular weight excluding hydrogens is 312 g/mol. The van der Waals surface area contributed by atoms with Gasteiger partial charge in [0.2, 0.25) is 0 Å². The van der Waals surface area contributed by atoms with Gasteiger partial charge in [-0.1, -0.05) is 43.3 Å². The molecule has 0 saturated carbocycles. The van der Waals surface area contributed by atoms with E-state index in [0.717, 1.165) is 28.7 Å². The summed E-state index contributed by atoms with van der Waals surface area (Å²) < 4.78 is 0. The molecule has 3 heteroatoms. The molecule has 0 aromatic heterocycles. The first kappa shape index (κ1) is 16.9. The molecule has 3 aromatic carbocycles. The maximum atomic E-state index is 10.7. The van der Waals surface area contributed by atoms with E-state index in [0.29, 0.717) is 18.6 Å². The monoisotopic (exact) mass is 334 g/mol. The van der Waals surface area contributed by atoms with Crippen LogP contribution in [0.2, 0.25) is 0 Å². The topological polar surface area (TPSA) is 60.7 Å². The summed E-state index contributed by atoms with van der Waals surface area (Å²) in [6.07, 6.45) is 2.12. The molecule has 0 bridgehead atoms. The molecule has 0 spiro atoms. The van der Waals surface area contributed by atoms with Crippen molar-refractivity contribution in [2.75, 3.05) is 0 Å². The van der Waals surface area contributed by atoms with Gasteiger partial charge in [0.15, 0.2) is 0 Å². The van der Waals surface area contributed by atoms with Gasteiger partial charge in [0.25, 0.3) is 0 Å². The molecule has 3 N–H and O–H groups in total. The van der Waals surface area contributed by atoms with Gasteiger partial charge in [-0.05, 0) is 58.5 Å². The molecule has 0 aliphatic rings. The van der Waals surface area contributed by atoms with Crippen molar-refractivity contribution in [3.8, 4) is 17.2 Å². The summed E-state index contributed by atoms with van der Waals surface area (Å²) in [5, 5.41) is 29.6. The average molecular weight is 334 g/mol. The Kier molecular flexibility index (Phi) is 4.94. The first-order valence-electron chi connectivity index (χ1n) is 8.44. The molecule has 0 aliphatic carbocycles. The molecule has 3 rings (SSSR count). The Labute approximate surface area is 147 Å². The second-order valence-electron chi connectivity index (χ2n) is 6.30. The molecule has 3 nitrogen and oxygen atoms in total. The van der Waals surface area contributed by atoms with Crippen LogP contribution in [-0.2, 0) is 19.3 Å². The Bertz CT molecular complexity index is 781. The standard InChI is InChI=1S/C22H22O3/c1-2-15-11-18(13-16-3-7-20(23)8-4-16)22(25)19(12-15)14-17-5-9-21(24)10-6-17/h3-12,23-25H,2,13-14H2,1H3. The fourth-order valence-corrected chi connectivity index (χ4v) is 2.97. The zero-order valence-corrected chi connectivity index (χ0v) is 14.2. The number of aromatic hydroxyl groups is 3. The lowest BCUT2D eigenvalue weighted by Crippen LogP contribution is -1.97. The Balaban J connectivity index is 1.92. The summed E-state index contributed by atoms with van der Waals surface area (Å²) in [6, 6.07) is 18.2. The van der Waals surface area contributed by atoms with Crippen LogP contribution in [0, 0.1) is 0 Å². The molecule has 0 amide bonds. The maximum absolute atomic E-state index is 10.7. The second kappa shape index (κ2) is 7.31. The molecule has 0 aliphatic heterocycles. The third-order valence-electron chi connectivity index (χ3n) is 4.40. The van der Waals surface area contributed by atoms with Gasteiger partial charge in [-0.15, -0.1) is 0 Å². The SMILES string of the molecule is CCc1cc(Cc2ccc(O)cc2)c(O)c(Cc2ccc(O)cc2)c1. The molecular formula is C22H22O3. The van der Waals surface area contributed by atoms with Crippen molar-refractivity contribution in [3.63, 3.8) is 0 Å². The molecule has 0 unspecified atom stereocenters. The van der Waals surface area contributed by atoms with Gasteiger partial charge in [-0.25, -0.2) is 0 Å². The van der Waals surface area contributed by atoms with Crippen molar-refractivity contribution >= 4 is 0 Å². The first-order chi connectivity index (χ1) is 12.0.